The summed E-state index contributed by atoms with van der Waals surface area (Å²) in [5.41, 5.74) is 2.60. The van der Waals surface area contributed by atoms with E-state index in [1.54, 1.807) is 0 Å². The Morgan fingerprint density at radius 3 is 3.17 bits per heavy atom. The third-order valence-electron chi connectivity index (χ3n) is 2.44. The van der Waals surface area contributed by atoms with Gasteiger partial charge in [0, 0.05) is 17.3 Å². The molecule has 1 heterocycles. The van der Waals surface area contributed by atoms with E-state index in [1.807, 2.05) is 6.07 Å². The summed E-state index contributed by atoms with van der Waals surface area (Å²) in [5, 5.41) is 4.20. The van der Waals surface area contributed by atoms with Crippen molar-refractivity contribution in [3.8, 4) is 0 Å². The lowest BCUT2D eigenvalue weighted by Gasteiger charge is -2.23. The largest absolute Gasteiger partial charge is 0.385 e. The number of hydrogen-bond donors (Lipinski definition) is 1. The zero-order chi connectivity index (χ0) is 8.55. The predicted molar refractivity (Wildman–Crippen MR) is 53.0 cm³/mol. The number of anilines is 1. The molecule has 1 atom stereocenters. The molecule has 0 aromatic heterocycles. The van der Waals surface area contributed by atoms with Gasteiger partial charge < -0.3 is 5.32 Å². The fourth-order valence-corrected chi connectivity index (χ4v) is 1.86. The molecule has 1 aliphatic rings. The van der Waals surface area contributed by atoms with Gasteiger partial charge in [0.05, 0.1) is 0 Å². The van der Waals surface area contributed by atoms with E-state index in [4.69, 9.17) is 11.6 Å². The molecule has 1 N–H and O–H groups in total. The highest BCUT2D eigenvalue weighted by atomic mass is 35.5. The Labute approximate surface area is 77.7 Å². The second kappa shape index (κ2) is 2.98. The highest BCUT2D eigenvalue weighted by molar-refractivity contribution is 6.30. The van der Waals surface area contributed by atoms with E-state index in [0.29, 0.717) is 5.92 Å². The highest BCUT2D eigenvalue weighted by Gasteiger charge is 2.15. The minimum Gasteiger partial charge on any atom is -0.385 e. The van der Waals surface area contributed by atoms with E-state index >= 15 is 0 Å². The fourth-order valence-electron chi connectivity index (χ4n) is 1.68. The molecule has 0 fully saturated rings. The molecule has 0 spiro atoms. The van der Waals surface area contributed by atoms with Crippen LogP contribution in [-0.2, 0) is 0 Å². The van der Waals surface area contributed by atoms with Gasteiger partial charge in [0.1, 0.15) is 0 Å². The van der Waals surface area contributed by atoms with Crippen molar-refractivity contribution in [1.82, 2.24) is 0 Å². The van der Waals surface area contributed by atoms with Gasteiger partial charge in [-0.1, -0.05) is 18.5 Å². The lowest BCUT2D eigenvalue weighted by molar-refractivity contribution is 0.684. The van der Waals surface area contributed by atoms with Crippen molar-refractivity contribution in [1.29, 1.82) is 0 Å². The molecule has 1 aliphatic heterocycles. The van der Waals surface area contributed by atoms with E-state index in [9.17, 15) is 0 Å². The van der Waals surface area contributed by atoms with Crippen molar-refractivity contribution in [2.75, 3.05) is 11.9 Å². The Morgan fingerprint density at radius 2 is 2.33 bits per heavy atom. The minimum absolute atomic E-state index is 0.639. The average molecular weight is 182 g/mol. The molecule has 1 aromatic rings. The van der Waals surface area contributed by atoms with Gasteiger partial charge in [-0.15, -0.1) is 0 Å². The van der Waals surface area contributed by atoms with Gasteiger partial charge in [-0.2, -0.15) is 0 Å². The molecule has 0 saturated heterocycles. The highest BCUT2D eigenvalue weighted by Crippen LogP contribution is 2.32. The molecule has 0 unspecified atom stereocenters. The molecule has 2 heteroatoms. The van der Waals surface area contributed by atoms with Crippen molar-refractivity contribution in [2.24, 2.45) is 0 Å². The second-order valence-electron chi connectivity index (χ2n) is 3.35. The molecule has 2 rings (SSSR count). The van der Waals surface area contributed by atoms with Crippen LogP contribution in [0.5, 0.6) is 0 Å². The maximum atomic E-state index is 5.91. The third kappa shape index (κ3) is 1.29. The minimum atomic E-state index is 0.639. The number of hydrogen-bond acceptors (Lipinski definition) is 1. The number of rotatable bonds is 0. The van der Waals surface area contributed by atoms with Crippen molar-refractivity contribution in [3.63, 3.8) is 0 Å². The summed E-state index contributed by atoms with van der Waals surface area (Å²) in [7, 11) is 0. The zero-order valence-electron chi connectivity index (χ0n) is 7.10. The summed E-state index contributed by atoms with van der Waals surface area (Å²) in [6.07, 6.45) is 1.20. The molecule has 0 saturated carbocycles. The van der Waals surface area contributed by atoms with Crippen LogP contribution in [0.25, 0.3) is 0 Å². The van der Waals surface area contributed by atoms with Gasteiger partial charge in [-0.3, -0.25) is 0 Å². The van der Waals surface area contributed by atoms with Crippen LogP contribution in [0.1, 0.15) is 24.8 Å². The molecule has 12 heavy (non-hydrogen) atoms. The second-order valence-corrected chi connectivity index (χ2v) is 3.78. The van der Waals surface area contributed by atoms with Crippen LogP contribution >= 0.6 is 11.6 Å². The van der Waals surface area contributed by atoms with Gasteiger partial charge in [0.2, 0.25) is 0 Å². The van der Waals surface area contributed by atoms with E-state index in [2.05, 4.69) is 24.4 Å². The quantitative estimate of drug-likeness (QED) is 0.648. The first kappa shape index (κ1) is 7.93. The van der Waals surface area contributed by atoms with Crippen LogP contribution in [0.3, 0.4) is 0 Å². The molecule has 0 aliphatic carbocycles. The van der Waals surface area contributed by atoms with E-state index < -0.39 is 0 Å². The third-order valence-corrected chi connectivity index (χ3v) is 2.67. The zero-order valence-corrected chi connectivity index (χ0v) is 7.86. The maximum Gasteiger partial charge on any atom is 0.0410 e. The summed E-state index contributed by atoms with van der Waals surface area (Å²) in [6, 6.07) is 6.06. The summed E-state index contributed by atoms with van der Waals surface area (Å²) >= 11 is 5.91. The Kier molecular flexibility index (Phi) is 1.97. The molecule has 0 radical (unpaired) electrons. The molecule has 1 nitrogen and oxygen atoms in total. The molecule has 1 aromatic carbocycles. The van der Waals surface area contributed by atoms with Crippen LogP contribution in [-0.4, -0.2) is 6.54 Å². The van der Waals surface area contributed by atoms with E-state index in [-0.39, 0.29) is 0 Å². The monoisotopic (exact) mass is 181 g/mol. The predicted octanol–water partition coefficient (Wildman–Crippen LogP) is 3.26. The molecule has 0 amide bonds. The van der Waals surface area contributed by atoms with Crippen LogP contribution in [0, 0.1) is 0 Å². The Balaban J connectivity index is 2.47. The number of halogens is 1. The van der Waals surface area contributed by atoms with Crippen LogP contribution < -0.4 is 5.32 Å². The first-order chi connectivity index (χ1) is 5.77. The molecule has 64 valence electrons. The SMILES string of the molecule is C[C@H]1CCNc2ccc(Cl)cc21. The standard InChI is InChI=1S/C10H12ClN/c1-7-4-5-12-10-3-2-8(11)6-9(7)10/h2-3,6-7,12H,4-5H2,1H3/t7-/m0/s1. The van der Waals surface area contributed by atoms with E-state index in [1.165, 1.54) is 17.7 Å². The van der Waals surface area contributed by atoms with Crippen molar-refractivity contribution in [2.45, 2.75) is 19.3 Å². The van der Waals surface area contributed by atoms with Gasteiger partial charge in [0.15, 0.2) is 0 Å². The first-order valence-corrected chi connectivity index (χ1v) is 4.68. The number of benzene rings is 1. The van der Waals surface area contributed by atoms with Crippen molar-refractivity contribution < 1.29 is 0 Å². The van der Waals surface area contributed by atoms with Gasteiger partial charge in [-0.25, -0.2) is 0 Å². The lowest BCUT2D eigenvalue weighted by atomic mass is 9.93. The molecular weight excluding hydrogens is 170 g/mol. The van der Waals surface area contributed by atoms with Crippen LogP contribution in [0.4, 0.5) is 5.69 Å². The smallest absolute Gasteiger partial charge is 0.0410 e. The Morgan fingerprint density at radius 1 is 1.50 bits per heavy atom. The lowest BCUT2D eigenvalue weighted by Crippen LogP contribution is -2.14. The Hall–Kier alpha value is -0.690. The summed E-state index contributed by atoms with van der Waals surface area (Å²) < 4.78 is 0. The maximum absolute atomic E-state index is 5.91. The fraction of sp³-hybridized carbons (Fsp3) is 0.400. The number of fused-ring (bicyclic) bond motifs is 1. The van der Waals surface area contributed by atoms with Gasteiger partial charge >= 0.3 is 0 Å². The number of nitrogens with one attached hydrogen (secondary N) is 1. The average Bonchev–Trinajstić information content (AvgIpc) is 2.07. The topological polar surface area (TPSA) is 12.0 Å². The first-order valence-electron chi connectivity index (χ1n) is 4.30. The summed E-state index contributed by atoms with van der Waals surface area (Å²) in [5.74, 6) is 0.639. The van der Waals surface area contributed by atoms with Gasteiger partial charge in [-0.05, 0) is 36.1 Å². The van der Waals surface area contributed by atoms with Crippen LogP contribution in [0.2, 0.25) is 5.02 Å². The van der Waals surface area contributed by atoms with Crippen molar-refractivity contribution in [3.05, 3.63) is 28.8 Å². The summed E-state index contributed by atoms with van der Waals surface area (Å²) in [6.45, 7) is 3.33. The molecule has 0 bridgehead atoms. The summed E-state index contributed by atoms with van der Waals surface area (Å²) in [4.78, 5) is 0. The van der Waals surface area contributed by atoms with Crippen molar-refractivity contribution >= 4 is 17.3 Å². The Bertz CT molecular complexity index is 296. The molecular formula is C10H12ClN. The normalized spacial score (nSPS) is 21.3. The van der Waals surface area contributed by atoms with Crippen LogP contribution in [0.15, 0.2) is 18.2 Å². The van der Waals surface area contributed by atoms with E-state index in [0.717, 1.165) is 11.6 Å². The van der Waals surface area contributed by atoms with Gasteiger partial charge in [0.25, 0.3) is 0 Å².